The Hall–Kier alpha value is -4.18. The van der Waals surface area contributed by atoms with Gasteiger partial charge in [-0.25, -0.2) is 13.8 Å². The van der Waals surface area contributed by atoms with E-state index in [9.17, 15) is 18.0 Å². The Morgan fingerprint density at radius 2 is 1.61 bits per heavy atom. The maximum atomic E-state index is 12.7. The molecule has 0 aromatic heterocycles. The van der Waals surface area contributed by atoms with E-state index in [4.69, 9.17) is 4.74 Å². The van der Waals surface area contributed by atoms with Gasteiger partial charge in [-0.15, -0.1) is 0 Å². The number of ether oxygens (including phenoxy) is 1. The molecule has 0 atom stereocenters. The van der Waals surface area contributed by atoms with Crippen LogP contribution in [0, 0.1) is 0 Å². The number of hydrogen-bond donors (Lipinski definition) is 3. The van der Waals surface area contributed by atoms with Crippen molar-refractivity contribution in [3.63, 3.8) is 0 Å². The highest BCUT2D eigenvalue weighted by Crippen LogP contribution is 2.20. The zero-order valence-electron chi connectivity index (χ0n) is 17.9. The van der Waals surface area contributed by atoms with Gasteiger partial charge in [0, 0.05) is 23.9 Å². The molecule has 170 valence electrons. The molecule has 9 nitrogen and oxygen atoms in total. The second kappa shape index (κ2) is 10.4. The molecule has 0 saturated heterocycles. The van der Waals surface area contributed by atoms with E-state index in [1.54, 1.807) is 48.5 Å². The summed E-state index contributed by atoms with van der Waals surface area (Å²) in [6.07, 6.45) is 1.43. The molecule has 3 aromatic carbocycles. The Morgan fingerprint density at radius 1 is 0.939 bits per heavy atom. The van der Waals surface area contributed by atoms with E-state index in [-0.39, 0.29) is 16.4 Å². The molecule has 0 bridgehead atoms. The summed E-state index contributed by atoms with van der Waals surface area (Å²) in [7, 11) is -2.39. The van der Waals surface area contributed by atoms with Gasteiger partial charge in [0.2, 0.25) is 5.91 Å². The number of carbonyl (C=O) groups excluding carboxylic acids is 2. The standard InChI is InChI=1S/C23H22N4O5S/c1-16(28)25-19-8-6-17(7-9-19)15-24-26-23(29)18-4-3-5-22(14-18)33(30,31)27-20-10-12-21(32-2)13-11-20/h3-15,27H,1-2H3,(H,25,28)(H,26,29)/b24-15-. The number of benzene rings is 3. The summed E-state index contributed by atoms with van der Waals surface area (Å²) in [6, 6.07) is 18.9. The summed E-state index contributed by atoms with van der Waals surface area (Å²) in [5, 5.41) is 6.55. The Labute approximate surface area is 191 Å². The lowest BCUT2D eigenvalue weighted by atomic mass is 10.2. The normalized spacial score (nSPS) is 11.1. The monoisotopic (exact) mass is 466 g/mol. The molecule has 2 amide bonds. The fourth-order valence-electron chi connectivity index (χ4n) is 2.76. The largest absolute Gasteiger partial charge is 0.497 e. The van der Waals surface area contributed by atoms with E-state index in [1.165, 1.54) is 44.5 Å². The number of nitrogens with one attached hydrogen (secondary N) is 3. The predicted molar refractivity (Wildman–Crippen MR) is 126 cm³/mol. The molecule has 3 aromatic rings. The van der Waals surface area contributed by atoms with Crippen molar-refractivity contribution in [1.29, 1.82) is 0 Å². The van der Waals surface area contributed by atoms with Crippen LogP contribution in [0.15, 0.2) is 82.8 Å². The molecular formula is C23H22N4O5S. The fraction of sp³-hybridized carbons (Fsp3) is 0.0870. The van der Waals surface area contributed by atoms with Gasteiger partial charge in [0.15, 0.2) is 0 Å². The molecule has 3 rings (SSSR count). The van der Waals surface area contributed by atoms with Crippen LogP contribution in [0.5, 0.6) is 5.75 Å². The van der Waals surface area contributed by atoms with Crippen LogP contribution in [0.1, 0.15) is 22.8 Å². The van der Waals surface area contributed by atoms with E-state index in [2.05, 4.69) is 20.6 Å². The van der Waals surface area contributed by atoms with Gasteiger partial charge in [-0.1, -0.05) is 18.2 Å². The van der Waals surface area contributed by atoms with Crippen LogP contribution in [-0.2, 0) is 14.8 Å². The third-order valence-electron chi connectivity index (χ3n) is 4.36. The lowest BCUT2D eigenvalue weighted by Crippen LogP contribution is -2.19. The van der Waals surface area contributed by atoms with E-state index < -0.39 is 15.9 Å². The highest BCUT2D eigenvalue weighted by molar-refractivity contribution is 7.92. The van der Waals surface area contributed by atoms with Crippen LogP contribution in [0.3, 0.4) is 0 Å². The maximum Gasteiger partial charge on any atom is 0.271 e. The predicted octanol–water partition coefficient (Wildman–Crippen LogP) is 3.22. The van der Waals surface area contributed by atoms with Crippen molar-refractivity contribution >= 4 is 39.4 Å². The Morgan fingerprint density at radius 3 is 2.24 bits per heavy atom. The minimum absolute atomic E-state index is 0.0662. The first-order valence-corrected chi connectivity index (χ1v) is 11.2. The molecule has 0 aliphatic heterocycles. The average molecular weight is 467 g/mol. The Balaban J connectivity index is 1.65. The average Bonchev–Trinajstić information content (AvgIpc) is 2.80. The summed E-state index contributed by atoms with van der Waals surface area (Å²) in [4.78, 5) is 23.4. The van der Waals surface area contributed by atoms with Crippen LogP contribution in [-0.4, -0.2) is 33.6 Å². The summed E-state index contributed by atoms with van der Waals surface area (Å²) >= 11 is 0. The topological polar surface area (TPSA) is 126 Å². The first-order valence-electron chi connectivity index (χ1n) is 9.75. The minimum atomic E-state index is -3.90. The minimum Gasteiger partial charge on any atom is -0.497 e. The van der Waals surface area contributed by atoms with Gasteiger partial charge in [-0.3, -0.25) is 14.3 Å². The molecule has 10 heteroatoms. The molecule has 0 radical (unpaired) electrons. The van der Waals surface area contributed by atoms with Crippen molar-refractivity contribution in [2.45, 2.75) is 11.8 Å². The number of sulfonamides is 1. The first kappa shape index (κ1) is 23.5. The van der Waals surface area contributed by atoms with E-state index >= 15 is 0 Å². The summed E-state index contributed by atoms with van der Waals surface area (Å²) in [5.74, 6) is -0.143. The number of hydrazone groups is 1. The zero-order chi connectivity index (χ0) is 23.8. The number of amides is 2. The van der Waals surface area contributed by atoms with Gasteiger partial charge >= 0.3 is 0 Å². The molecule has 0 aliphatic rings. The number of methoxy groups -OCH3 is 1. The molecule has 33 heavy (non-hydrogen) atoms. The van der Waals surface area contributed by atoms with Crippen molar-refractivity contribution in [3.05, 3.63) is 83.9 Å². The van der Waals surface area contributed by atoms with Gasteiger partial charge in [-0.05, 0) is 60.2 Å². The first-order chi connectivity index (χ1) is 15.8. The number of hydrogen-bond acceptors (Lipinski definition) is 6. The van der Waals surface area contributed by atoms with E-state index in [0.29, 0.717) is 22.7 Å². The van der Waals surface area contributed by atoms with Crippen molar-refractivity contribution in [3.8, 4) is 5.75 Å². The number of rotatable bonds is 8. The van der Waals surface area contributed by atoms with Crippen LogP contribution in [0.25, 0.3) is 0 Å². The molecule has 0 fully saturated rings. The number of carbonyl (C=O) groups is 2. The summed E-state index contributed by atoms with van der Waals surface area (Å²) in [5.41, 5.74) is 4.20. The van der Waals surface area contributed by atoms with Crippen molar-refractivity contribution in [2.24, 2.45) is 5.10 Å². The molecular weight excluding hydrogens is 444 g/mol. The number of anilines is 2. The Bertz CT molecular complexity index is 1270. The fourth-order valence-corrected chi connectivity index (χ4v) is 3.87. The summed E-state index contributed by atoms with van der Waals surface area (Å²) < 4.78 is 32.9. The Kier molecular flexibility index (Phi) is 7.42. The van der Waals surface area contributed by atoms with Crippen molar-refractivity contribution in [2.75, 3.05) is 17.1 Å². The lowest BCUT2D eigenvalue weighted by molar-refractivity contribution is -0.114. The van der Waals surface area contributed by atoms with Crippen LogP contribution in [0.4, 0.5) is 11.4 Å². The second-order valence-electron chi connectivity index (χ2n) is 6.86. The highest BCUT2D eigenvalue weighted by atomic mass is 32.2. The molecule has 0 unspecified atom stereocenters. The zero-order valence-corrected chi connectivity index (χ0v) is 18.7. The third-order valence-corrected chi connectivity index (χ3v) is 5.74. The van der Waals surface area contributed by atoms with Crippen molar-refractivity contribution in [1.82, 2.24) is 5.43 Å². The SMILES string of the molecule is COc1ccc(NS(=O)(=O)c2cccc(C(=O)N/N=C\c3ccc(NC(C)=O)cc3)c2)cc1. The van der Waals surface area contributed by atoms with Crippen LogP contribution < -0.4 is 20.2 Å². The molecule has 0 spiro atoms. The summed E-state index contributed by atoms with van der Waals surface area (Å²) in [6.45, 7) is 1.42. The molecule has 3 N–H and O–H groups in total. The molecule has 0 aliphatic carbocycles. The molecule has 0 heterocycles. The van der Waals surface area contributed by atoms with Gasteiger partial charge in [0.25, 0.3) is 15.9 Å². The smallest absolute Gasteiger partial charge is 0.271 e. The van der Waals surface area contributed by atoms with Crippen molar-refractivity contribution < 1.29 is 22.7 Å². The van der Waals surface area contributed by atoms with Crippen LogP contribution >= 0.6 is 0 Å². The highest BCUT2D eigenvalue weighted by Gasteiger charge is 2.16. The third kappa shape index (κ3) is 6.65. The van der Waals surface area contributed by atoms with Crippen LogP contribution in [0.2, 0.25) is 0 Å². The van der Waals surface area contributed by atoms with Gasteiger partial charge in [-0.2, -0.15) is 5.10 Å². The lowest BCUT2D eigenvalue weighted by Gasteiger charge is -2.10. The number of nitrogens with zero attached hydrogens (tertiary/aromatic N) is 1. The second-order valence-corrected chi connectivity index (χ2v) is 8.55. The maximum absolute atomic E-state index is 12.7. The van der Waals surface area contributed by atoms with E-state index in [1.807, 2.05) is 0 Å². The van der Waals surface area contributed by atoms with Gasteiger partial charge in [0.1, 0.15) is 5.75 Å². The quantitative estimate of drug-likeness (QED) is 0.347. The van der Waals surface area contributed by atoms with E-state index in [0.717, 1.165) is 0 Å². The van der Waals surface area contributed by atoms with Gasteiger partial charge < -0.3 is 10.1 Å². The van der Waals surface area contributed by atoms with Gasteiger partial charge in [0.05, 0.1) is 18.2 Å². The molecule has 0 saturated carbocycles.